The molecule has 126 valence electrons. The summed E-state index contributed by atoms with van der Waals surface area (Å²) in [6.45, 7) is 5.44. The summed E-state index contributed by atoms with van der Waals surface area (Å²) < 4.78 is 6.11. The topological polar surface area (TPSA) is 41.6 Å². The van der Waals surface area contributed by atoms with Gasteiger partial charge in [-0.15, -0.1) is 0 Å². The average Bonchev–Trinajstić information content (AvgIpc) is 3.04. The second-order valence-electron chi connectivity index (χ2n) is 6.30. The zero-order valence-electron chi connectivity index (χ0n) is 14.2. The summed E-state index contributed by atoms with van der Waals surface area (Å²) in [6.07, 6.45) is 1.24. The van der Waals surface area contributed by atoms with Gasteiger partial charge in [0.2, 0.25) is 5.91 Å². The number of ether oxygens (including phenoxy) is 1. The maximum atomic E-state index is 11.1. The third-order valence-electron chi connectivity index (χ3n) is 4.37. The third-order valence-corrected chi connectivity index (χ3v) is 4.37. The van der Waals surface area contributed by atoms with Crippen LogP contribution < -0.4 is 15.0 Å². The monoisotopic (exact) mass is 324 g/mol. The average molecular weight is 324 g/mol. The molecule has 1 N–H and O–H groups in total. The lowest BCUT2D eigenvalue weighted by Gasteiger charge is -2.19. The summed E-state index contributed by atoms with van der Waals surface area (Å²) in [5, 5.41) is 2.89. The van der Waals surface area contributed by atoms with Crippen LogP contribution in [-0.4, -0.2) is 25.1 Å². The largest absolute Gasteiger partial charge is 0.489 e. The first-order valence-electron chi connectivity index (χ1n) is 8.45. The van der Waals surface area contributed by atoms with Crippen molar-refractivity contribution >= 4 is 11.6 Å². The fourth-order valence-corrected chi connectivity index (χ4v) is 3.11. The van der Waals surface area contributed by atoms with E-state index in [0.717, 1.165) is 30.8 Å². The van der Waals surface area contributed by atoms with Gasteiger partial charge in [0.15, 0.2) is 0 Å². The van der Waals surface area contributed by atoms with Gasteiger partial charge in [0, 0.05) is 25.6 Å². The van der Waals surface area contributed by atoms with Crippen molar-refractivity contribution in [3.05, 3.63) is 60.2 Å². The summed E-state index contributed by atoms with van der Waals surface area (Å²) >= 11 is 0. The van der Waals surface area contributed by atoms with Crippen molar-refractivity contribution in [1.29, 1.82) is 0 Å². The Bertz CT molecular complexity index is 670. The summed E-state index contributed by atoms with van der Waals surface area (Å²) in [7, 11) is 0. The van der Waals surface area contributed by atoms with Crippen molar-refractivity contribution in [2.24, 2.45) is 0 Å². The molecule has 1 heterocycles. The quantitative estimate of drug-likeness (QED) is 0.914. The van der Waals surface area contributed by atoms with E-state index < -0.39 is 0 Å². The number of rotatable bonds is 5. The lowest BCUT2D eigenvalue weighted by atomic mass is 10.1. The van der Waals surface area contributed by atoms with Gasteiger partial charge < -0.3 is 15.0 Å². The van der Waals surface area contributed by atoms with Crippen LogP contribution >= 0.6 is 0 Å². The Kier molecular flexibility index (Phi) is 5.04. The van der Waals surface area contributed by atoms with Crippen LogP contribution in [0.25, 0.3) is 0 Å². The number of benzene rings is 2. The minimum Gasteiger partial charge on any atom is -0.489 e. The molecule has 4 heteroatoms. The third kappa shape index (κ3) is 4.07. The van der Waals surface area contributed by atoms with E-state index in [1.807, 2.05) is 37.3 Å². The van der Waals surface area contributed by atoms with E-state index in [-0.39, 0.29) is 18.1 Å². The number of nitrogens with zero attached hydrogens (tertiary/aromatic N) is 1. The summed E-state index contributed by atoms with van der Waals surface area (Å²) in [6, 6.07) is 18.5. The highest BCUT2D eigenvalue weighted by atomic mass is 16.5. The van der Waals surface area contributed by atoms with Gasteiger partial charge >= 0.3 is 0 Å². The van der Waals surface area contributed by atoms with Gasteiger partial charge in [-0.2, -0.15) is 0 Å². The highest BCUT2D eigenvalue weighted by Crippen LogP contribution is 2.24. The second-order valence-corrected chi connectivity index (χ2v) is 6.30. The molecule has 2 aromatic carbocycles. The zero-order chi connectivity index (χ0) is 16.9. The Morgan fingerprint density at radius 1 is 1.17 bits per heavy atom. The van der Waals surface area contributed by atoms with E-state index in [4.69, 9.17) is 4.74 Å². The van der Waals surface area contributed by atoms with Gasteiger partial charge in [-0.05, 0) is 36.8 Å². The van der Waals surface area contributed by atoms with Gasteiger partial charge in [-0.3, -0.25) is 4.79 Å². The van der Waals surface area contributed by atoms with Crippen molar-refractivity contribution < 1.29 is 9.53 Å². The Morgan fingerprint density at radius 3 is 2.54 bits per heavy atom. The fraction of sp³-hybridized carbons (Fsp3) is 0.350. The van der Waals surface area contributed by atoms with E-state index in [1.54, 1.807) is 0 Å². The second kappa shape index (κ2) is 7.39. The Morgan fingerprint density at radius 2 is 1.88 bits per heavy atom. The molecule has 1 saturated heterocycles. The lowest BCUT2D eigenvalue weighted by Crippen LogP contribution is -2.24. The number of carbonyl (C=O) groups excluding carboxylic acids is 1. The van der Waals surface area contributed by atoms with Crippen LogP contribution in [0.3, 0.4) is 0 Å². The van der Waals surface area contributed by atoms with Gasteiger partial charge in [0.25, 0.3) is 0 Å². The normalized spacial score (nSPS) is 18.2. The summed E-state index contributed by atoms with van der Waals surface area (Å²) in [4.78, 5) is 13.5. The van der Waals surface area contributed by atoms with E-state index >= 15 is 0 Å². The van der Waals surface area contributed by atoms with Crippen LogP contribution in [-0.2, 0) is 4.79 Å². The molecule has 1 fully saturated rings. The molecule has 0 aliphatic carbocycles. The van der Waals surface area contributed by atoms with Crippen LogP contribution in [0, 0.1) is 0 Å². The van der Waals surface area contributed by atoms with Gasteiger partial charge in [-0.1, -0.05) is 30.3 Å². The molecule has 1 aliphatic rings. The molecule has 2 atom stereocenters. The van der Waals surface area contributed by atoms with Crippen LogP contribution in [0.15, 0.2) is 54.6 Å². The minimum absolute atomic E-state index is 0.0107. The highest BCUT2D eigenvalue weighted by Gasteiger charge is 2.24. The number of amides is 1. The molecule has 4 nitrogen and oxygen atoms in total. The van der Waals surface area contributed by atoms with E-state index in [0.29, 0.717) is 0 Å². The standard InChI is InChI=1S/C20H24N2O2/c1-15(21-16(2)23)17-8-10-19(11-9-17)24-20-12-13-22(14-20)18-6-4-3-5-7-18/h3-11,15,20H,12-14H2,1-2H3,(H,21,23). The number of nitrogens with one attached hydrogen (secondary N) is 1. The molecule has 2 aromatic rings. The van der Waals surface area contributed by atoms with Gasteiger partial charge in [0.1, 0.15) is 11.9 Å². The maximum Gasteiger partial charge on any atom is 0.217 e. The first-order chi connectivity index (χ1) is 11.6. The zero-order valence-corrected chi connectivity index (χ0v) is 14.2. The van der Waals surface area contributed by atoms with Crippen LogP contribution in [0.2, 0.25) is 0 Å². The first kappa shape index (κ1) is 16.4. The predicted octanol–water partition coefficient (Wildman–Crippen LogP) is 3.54. The SMILES string of the molecule is CC(=O)NC(C)c1ccc(OC2CCN(c3ccccc3)C2)cc1. The Labute approximate surface area is 143 Å². The van der Waals surface area contributed by atoms with Crippen molar-refractivity contribution in [2.45, 2.75) is 32.4 Å². The smallest absolute Gasteiger partial charge is 0.217 e. The molecule has 2 unspecified atom stereocenters. The number of hydrogen-bond acceptors (Lipinski definition) is 3. The highest BCUT2D eigenvalue weighted by molar-refractivity contribution is 5.73. The molecule has 1 amide bonds. The molecular formula is C20H24N2O2. The minimum atomic E-state index is -0.0187. The maximum absolute atomic E-state index is 11.1. The molecule has 0 saturated carbocycles. The Hall–Kier alpha value is -2.49. The van der Waals surface area contributed by atoms with Crippen molar-refractivity contribution in [2.75, 3.05) is 18.0 Å². The molecule has 0 bridgehead atoms. The number of hydrogen-bond donors (Lipinski definition) is 1. The van der Waals surface area contributed by atoms with Gasteiger partial charge in [0.05, 0.1) is 12.6 Å². The first-order valence-corrected chi connectivity index (χ1v) is 8.45. The molecule has 3 rings (SSSR count). The molecule has 0 aromatic heterocycles. The van der Waals surface area contributed by atoms with Crippen molar-refractivity contribution in [3.8, 4) is 5.75 Å². The van der Waals surface area contributed by atoms with Crippen LogP contribution in [0.5, 0.6) is 5.75 Å². The van der Waals surface area contributed by atoms with Crippen molar-refractivity contribution in [1.82, 2.24) is 5.32 Å². The van der Waals surface area contributed by atoms with Crippen LogP contribution in [0.4, 0.5) is 5.69 Å². The lowest BCUT2D eigenvalue weighted by molar-refractivity contribution is -0.119. The van der Waals surface area contributed by atoms with Crippen LogP contribution in [0.1, 0.15) is 31.9 Å². The molecule has 24 heavy (non-hydrogen) atoms. The molecular weight excluding hydrogens is 300 g/mol. The predicted molar refractivity (Wildman–Crippen MR) is 96.4 cm³/mol. The van der Waals surface area contributed by atoms with Gasteiger partial charge in [-0.25, -0.2) is 0 Å². The van der Waals surface area contributed by atoms with E-state index in [2.05, 4.69) is 34.5 Å². The van der Waals surface area contributed by atoms with Crippen molar-refractivity contribution in [3.63, 3.8) is 0 Å². The number of para-hydroxylation sites is 1. The van der Waals surface area contributed by atoms with E-state index in [9.17, 15) is 4.79 Å². The molecule has 1 aliphatic heterocycles. The fourth-order valence-electron chi connectivity index (χ4n) is 3.11. The summed E-state index contributed by atoms with van der Waals surface area (Å²) in [5.74, 6) is 0.864. The molecule has 0 spiro atoms. The van der Waals surface area contributed by atoms with E-state index in [1.165, 1.54) is 12.6 Å². The summed E-state index contributed by atoms with van der Waals surface area (Å²) in [5.41, 5.74) is 2.33. The molecule has 0 radical (unpaired) electrons. The Balaban J connectivity index is 1.56. The number of carbonyl (C=O) groups is 1. The number of anilines is 1.